The third-order valence-corrected chi connectivity index (χ3v) is 4.03. The first-order valence-corrected chi connectivity index (χ1v) is 9.51. The lowest BCUT2D eigenvalue weighted by Crippen LogP contribution is -2.35. The minimum absolute atomic E-state index is 0.0444. The van der Waals surface area contributed by atoms with Gasteiger partial charge in [0, 0.05) is 19.0 Å². The van der Waals surface area contributed by atoms with Crippen LogP contribution in [0.1, 0.15) is 49.9 Å². The second kappa shape index (κ2) is 11.5. The van der Waals surface area contributed by atoms with Gasteiger partial charge >= 0.3 is 6.03 Å². The van der Waals surface area contributed by atoms with Gasteiger partial charge in [-0.1, -0.05) is 61.7 Å². The molecule has 0 aliphatic carbocycles. The van der Waals surface area contributed by atoms with E-state index in [-0.39, 0.29) is 11.6 Å². The summed E-state index contributed by atoms with van der Waals surface area (Å²) < 4.78 is 5.19. The van der Waals surface area contributed by atoms with Crippen molar-refractivity contribution >= 4 is 17.6 Å². The van der Waals surface area contributed by atoms with Crippen molar-refractivity contribution in [3.8, 4) is 0 Å². The van der Waals surface area contributed by atoms with Crippen LogP contribution in [0, 0.1) is 0 Å². The normalized spacial score (nSPS) is 11.2. The molecule has 1 aromatic carbocycles. The molecule has 0 unspecified atom stereocenters. The molecule has 2 rings (SSSR count). The van der Waals surface area contributed by atoms with Crippen LogP contribution in [0.2, 0.25) is 0 Å². The number of hydrogen-bond donors (Lipinski definition) is 3. The zero-order chi connectivity index (χ0) is 20.2. The van der Waals surface area contributed by atoms with Crippen molar-refractivity contribution in [2.45, 2.75) is 45.4 Å². The number of carbonyl (C=O) groups is 2. The summed E-state index contributed by atoms with van der Waals surface area (Å²) in [5.74, 6) is -0.193. The molecule has 0 atom stereocenters. The number of nitrogens with two attached hydrogens (primary N) is 1. The fraction of sp³-hybridized carbons (Fsp3) is 0.400. The Morgan fingerprint density at radius 1 is 1.14 bits per heavy atom. The summed E-state index contributed by atoms with van der Waals surface area (Å²) in [4.78, 5) is 27.6. The molecule has 150 valence electrons. The Balaban J connectivity index is 1.93. The van der Waals surface area contributed by atoms with E-state index in [9.17, 15) is 9.59 Å². The SMILES string of the molecule is CCCCCCNC(=O)N/C(=C/C(N)=O)c1nc(CCc2ccccc2)no1. The zero-order valence-corrected chi connectivity index (χ0v) is 16.1. The monoisotopic (exact) mass is 385 g/mol. The number of rotatable bonds is 11. The van der Waals surface area contributed by atoms with E-state index in [1.807, 2.05) is 30.3 Å². The van der Waals surface area contributed by atoms with Crippen LogP contribution in [0.5, 0.6) is 0 Å². The van der Waals surface area contributed by atoms with Gasteiger partial charge in [-0.25, -0.2) is 4.79 Å². The fourth-order valence-corrected chi connectivity index (χ4v) is 2.58. The van der Waals surface area contributed by atoms with Gasteiger partial charge in [0.25, 0.3) is 5.89 Å². The Morgan fingerprint density at radius 3 is 2.64 bits per heavy atom. The molecule has 1 heterocycles. The quantitative estimate of drug-likeness (QED) is 0.405. The van der Waals surface area contributed by atoms with Crippen molar-refractivity contribution in [2.24, 2.45) is 5.73 Å². The van der Waals surface area contributed by atoms with Crippen LogP contribution < -0.4 is 16.4 Å². The summed E-state index contributed by atoms with van der Waals surface area (Å²) in [7, 11) is 0. The molecule has 0 saturated carbocycles. The number of primary amides is 1. The number of nitrogens with one attached hydrogen (secondary N) is 2. The van der Waals surface area contributed by atoms with Crippen molar-refractivity contribution in [1.82, 2.24) is 20.8 Å². The first-order valence-electron chi connectivity index (χ1n) is 9.51. The van der Waals surface area contributed by atoms with Crippen LogP contribution in [-0.2, 0) is 17.6 Å². The van der Waals surface area contributed by atoms with Gasteiger partial charge in [0.2, 0.25) is 5.91 Å². The Labute approximate surface area is 164 Å². The highest BCUT2D eigenvalue weighted by molar-refractivity contribution is 5.96. The zero-order valence-electron chi connectivity index (χ0n) is 16.1. The Kier molecular flexibility index (Phi) is 8.71. The smallest absolute Gasteiger partial charge is 0.319 e. The second-order valence-corrected chi connectivity index (χ2v) is 6.40. The van der Waals surface area contributed by atoms with E-state index in [0.717, 1.165) is 43.7 Å². The third kappa shape index (κ3) is 7.61. The van der Waals surface area contributed by atoms with Gasteiger partial charge in [0.1, 0.15) is 5.70 Å². The van der Waals surface area contributed by atoms with Crippen LogP contribution in [0.15, 0.2) is 40.9 Å². The van der Waals surface area contributed by atoms with Gasteiger partial charge in [-0.15, -0.1) is 0 Å². The predicted octanol–water partition coefficient (Wildman–Crippen LogP) is 2.56. The molecule has 1 aromatic heterocycles. The molecule has 0 spiro atoms. The minimum Gasteiger partial charge on any atom is -0.366 e. The van der Waals surface area contributed by atoms with Crippen LogP contribution in [0.4, 0.5) is 4.79 Å². The first-order chi connectivity index (χ1) is 13.6. The molecular weight excluding hydrogens is 358 g/mol. The molecule has 0 bridgehead atoms. The maximum absolute atomic E-state index is 12.1. The van der Waals surface area contributed by atoms with Gasteiger partial charge < -0.3 is 20.9 Å². The van der Waals surface area contributed by atoms with Crippen LogP contribution in [-0.4, -0.2) is 28.6 Å². The molecule has 28 heavy (non-hydrogen) atoms. The van der Waals surface area contributed by atoms with E-state index < -0.39 is 11.9 Å². The molecule has 8 heteroatoms. The van der Waals surface area contributed by atoms with Gasteiger partial charge in [0.15, 0.2) is 5.82 Å². The topological polar surface area (TPSA) is 123 Å². The lowest BCUT2D eigenvalue weighted by Gasteiger charge is -2.07. The molecule has 0 saturated heterocycles. The average Bonchev–Trinajstić information content (AvgIpc) is 3.15. The van der Waals surface area contributed by atoms with Gasteiger partial charge in [-0.2, -0.15) is 4.98 Å². The summed E-state index contributed by atoms with van der Waals surface area (Å²) in [6.07, 6.45) is 6.58. The van der Waals surface area contributed by atoms with Crippen LogP contribution in [0.3, 0.4) is 0 Å². The lowest BCUT2D eigenvalue weighted by atomic mass is 10.1. The molecule has 8 nitrogen and oxygen atoms in total. The minimum atomic E-state index is -0.720. The van der Waals surface area contributed by atoms with Gasteiger partial charge in [-0.3, -0.25) is 4.79 Å². The number of amides is 3. The largest absolute Gasteiger partial charge is 0.366 e. The first kappa shape index (κ1) is 21.1. The highest BCUT2D eigenvalue weighted by Gasteiger charge is 2.15. The van der Waals surface area contributed by atoms with Crippen molar-refractivity contribution in [3.05, 3.63) is 53.7 Å². The Bertz CT molecular complexity index is 786. The fourth-order valence-electron chi connectivity index (χ4n) is 2.58. The van der Waals surface area contributed by atoms with E-state index in [1.165, 1.54) is 0 Å². The molecule has 0 radical (unpaired) electrons. The average molecular weight is 385 g/mol. The van der Waals surface area contributed by atoms with E-state index in [0.29, 0.717) is 18.8 Å². The van der Waals surface area contributed by atoms with E-state index in [2.05, 4.69) is 27.7 Å². The number of unbranched alkanes of at least 4 members (excludes halogenated alkanes) is 3. The summed E-state index contributed by atoms with van der Waals surface area (Å²) in [5, 5.41) is 9.20. The van der Waals surface area contributed by atoms with Crippen molar-refractivity contribution in [3.63, 3.8) is 0 Å². The Hall–Kier alpha value is -3.16. The standard InChI is InChI=1S/C20H27N5O3/c1-2-3-4-8-13-22-20(27)23-16(14-17(21)26)19-24-18(25-28-19)12-11-15-9-6-5-7-10-15/h5-7,9-10,14H,2-4,8,11-13H2,1H3,(H2,21,26)(H2,22,23,27)/b16-14+. The summed E-state index contributed by atoms with van der Waals surface area (Å²) >= 11 is 0. The number of carbonyl (C=O) groups excluding carboxylic acids is 2. The van der Waals surface area contributed by atoms with Crippen molar-refractivity contribution in [1.29, 1.82) is 0 Å². The van der Waals surface area contributed by atoms with E-state index in [4.69, 9.17) is 10.3 Å². The molecule has 0 fully saturated rings. The number of benzene rings is 1. The van der Waals surface area contributed by atoms with Gasteiger partial charge in [-0.05, 0) is 18.4 Å². The summed E-state index contributed by atoms with van der Waals surface area (Å²) in [6.45, 7) is 2.67. The van der Waals surface area contributed by atoms with Crippen molar-refractivity contribution in [2.75, 3.05) is 6.54 Å². The number of aromatic nitrogens is 2. The highest BCUT2D eigenvalue weighted by Crippen LogP contribution is 2.11. The van der Waals surface area contributed by atoms with E-state index >= 15 is 0 Å². The molecule has 2 aromatic rings. The molecule has 0 aliphatic heterocycles. The maximum atomic E-state index is 12.1. The molecule has 3 amide bonds. The number of urea groups is 1. The predicted molar refractivity (Wildman–Crippen MR) is 106 cm³/mol. The molecular formula is C20H27N5O3. The van der Waals surface area contributed by atoms with Crippen molar-refractivity contribution < 1.29 is 14.1 Å². The van der Waals surface area contributed by atoms with E-state index in [1.54, 1.807) is 0 Å². The Morgan fingerprint density at radius 2 is 1.93 bits per heavy atom. The third-order valence-electron chi connectivity index (χ3n) is 4.03. The number of nitrogens with zero attached hydrogens (tertiary/aromatic N) is 2. The molecule has 0 aliphatic rings. The lowest BCUT2D eigenvalue weighted by molar-refractivity contribution is -0.113. The number of aryl methyl sites for hydroxylation is 2. The summed E-state index contributed by atoms with van der Waals surface area (Å²) in [5.41, 5.74) is 6.46. The highest BCUT2D eigenvalue weighted by atomic mass is 16.5. The maximum Gasteiger partial charge on any atom is 0.319 e. The van der Waals surface area contributed by atoms with Crippen LogP contribution >= 0.6 is 0 Å². The molecule has 4 N–H and O–H groups in total. The van der Waals surface area contributed by atoms with Gasteiger partial charge in [0.05, 0.1) is 0 Å². The second-order valence-electron chi connectivity index (χ2n) is 6.40. The summed E-state index contributed by atoms with van der Waals surface area (Å²) in [6, 6.07) is 9.48. The number of hydrogen-bond acceptors (Lipinski definition) is 5. The van der Waals surface area contributed by atoms with Crippen LogP contribution in [0.25, 0.3) is 5.70 Å².